The second-order valence-electron chi connectivity index (χ2n) is 4.37. The third-order valence-electron chi connectivity index (χ3n) is 2.79. The van der Waals surface area contributed by atoms with Crippen molar-refractivity contribution >= 4 is 21.7 Å². The molecule has 0 radical (unpaired) electrons. The van der Waals surface area contributed by atoms with Crippen LogP contribution in [0.15, 0.2) is 41.0 Å². The lowest BCUT2D eigenvalue weighted by atomic mass is 10.1. The summed E-state index contributed by atoms with van der Waals surface area (Å²) in [5.74, 6) is 0.716. The summed E-state index contributed by atoms with van der Waals surface area (Å²) in [5, 5.41) is 3.10. The van der Waals surface area contributed by atoms with Gasteiger partial charge in [-0.05, 0) is 52.2 Å². The maximum Gasteiger partial charge on any atom is 0.416 e. The van der Waals surface area contributed by atoms with Crippen LogP contribution in [0.1, 0.15) is 16.7 Å². The molecule has 1 N–H and O–H groups in total. The Kier molecular flexibility index (Phi) is 4.32. The van der Waals surface area contributed by atoms with E-state index in [0.717, 1.165) is 27.7 Å². The van der Waals surface area contributed by atoms with Crippen molar-refractivity contribution in [3.05, 3.63) is 57.7 Å². The SMILES string of the molecule is Cc1cc(Br)cnc1NCc1ccc(C(F)(F)F)cc1. The minimum absolute atomic E-state index is 0.424. The highest BCUT2D eigenvalue weighted by molar-refractivity contribution is 9.10. The second-order valence-corrected chi connectivity index (χ2v) is 5.28. The number of aryl methyl sites for hydroxylation is 1. The minimum Gasteiger partial charge on any atom is -0.366 e. The molecule has 1 aromatic carbocycles. The summed E-state index contributed by atoms with van der Waals surface area (Å²) in [7, 11) is 0. The molecule has 2 rings (SSSR count). The van der Waals surface area contributed by atoms with Crippen molar-refractivity contribution in [1.82, 2.24) is 4.98 Å². The Bertz CT molecular complexity index is 594. The highest BCUT2D eigenvalue weighted by Crippen LogP contribution is 2.29. The smallest absolute Gasteiger partial charge is 0.366 e. The van der Waals surface area contributed by atoms with E-state index in [1.165, 1.54) is 12.1 Å². The zero-order valence-electron chi connectivity index (χ0n) is 10.6. The van der Waals surface area contributed by atoms with Crippen LogP contribution in [0.4, 0.5) is 19.0 Å². The van der Waals surface area contributed by atoms with Gasteiger partial charge in [-0.15, -0.1) is 0 Å². The van der Waals surface area contributed by atoms with Crippen LogP contribution in [0.5, 0.6) is 0 Å². The van der Waals surface area contributed by atoms with Crippen molar-refractivity contribution in [1.29, 1.82) is 0 Å². The first-order chi connectivity index (χ1) is 9.36. The van der Waals surface area contributed by atoms with Crippen molar-refractivity contribution in [2.24, 2.45) is 0 Å². The molecule has 2 aromatic rings. The van der Waals surface area contributed by atoms with Gasteiger partial charge in [0, 0.05) is 17.2 Å². The molecule has 0 amide bonds. The Hall–Kier alpha value is -1.56. The molecular weight excluding hydrogens is 333 g/mol. The molecule has 1 heterocycles. The van der Waals surface area contributed by atoms with Crippen LogP contribution in [0.2, 0.25) is 0 Å². The summed E-state index contributed by atoms with van der Waals surface area (Å²) in [6.45, 7) is 2.33. The van der Waals surface area contributed by atoms with Gasteiger partial charge in [-0.2, -0.15) is 13.2 Å². The zero-order valence-corrected chi connectivity index (χ0v) is 12.2. The van der Waals surface area contributed by atoms with Crippen LogP contribution >= 0.6 is 15.9 Å². The van der Waals surface area contributed by atoms with E-state index in [2.05, 4.69) is 26.2 Å². The topological polar surface area (TPSA) is 24.9 Å². The van der Waals surface area contributed by atoms with Gasteiger partial charge in [-0.25, -0.2) is 4.98 Å². The van der Waals surface area contributed by atoms with E-state index < -0.39 is 11.7 Å². The van der Waals surface area contributed by atoms with Gasteiger partial charge in [-0.1, -0.05) is 12.1 Å². The fourth-order valence-electron chi connectivity index (χ4n) is 1.72. The number of anilines is 1. The Morgan fingerprint density at radius 1 is 1.20 bits per heavy atom. The van der Waals surface area contributed by atoms with E-state index >= 15 is 0 Å². The maximum atomic E-state index is 12.4. The monoisotopic (exact) mass is 344 g/mol. The molecular formula is C14H12BrF3N2. The third-order valence-corrected chi connectivity index (χ3v) is 3.22. The van der Waals surface area contributed by atoms with Gasteiger partial charge in [0.05, 0.1) is 5.56 Å². The Labute approximate surface area is 123 Å². The number of rotatable bonds is 3. The van der Waals surface area contributed by atoms with E-state index in [0.29, 0.717) is 12.4 Å². The largest absolute Gasteiger partial charge is 0.416 e. The average Bonchev–Trinajstić information content (AvgIpc) is 2.37. The molecule has 2 nitrogen and oxygen atoms in total. The molecule has 0 fully saturated rings. The molecule has 0 aliphatic rings. The molecule has 0 saturated carbocycles. The summed E-state index contributed by atoms with van der Waals surface area (Å²) >= 11 is 3.32. The number of pyridine rings is 1. The number of halogens is 4. The lowest BCUT2D eigenvalue weighted by Crippen LogP contribution is -2.06. The minimum atomic E-state index is -4.30. The van der Waals surface area contributed by atoms with E-state index in [9.17, 15) is 13.2 Å². The van der Waals surface area contributed by atoms with Crippen LogP contribution in [0.3, 0.4) is 0 Å². The quantitative estimate of drug-likeness (QED) is 0.866. The Balaban J connectivity index is 2.04. The number of benzene rings is 1. The molecule has 0 atom stereocenters. The highest BCUT2D eigenvalue weighted by Gasteiger charge is 2.29. The van der Waals surface area contributed by atoms with Crippen LogP contribution < -0.4 is 5.32 Å². The lowest BCUT2D eigenvalue weighted by Gasteiger charge is -2.10. The van der Waals surface area contributed by atoms with Gasteiger partial charge in [0.1, 0.15) is 5.82 Å². The molecule has 6 heteroatoms. The molecule has 0 unspecified atom stereocenters. The summed E-state index contributed by atoms with van der Waals surface area (Å²) in [4.78, 5) is 4.21. The number of nitrogens with zero attached hydrogens (tertiary/aromatic N) is 1. The Morgan fingerprint density at radius 3 is 2.40 bits per heavy atom. The predicted octanol–water partition coefficient (Wildman–Crippen LogP) is 4.78. The van der Waals surface area contributed by atoms with Crippen LogP contribution in [-0.4, -0.2) is 4.98 Å². The summed E-state index contributed by atoms with van der Waals surface area (Å²) in [6.07, 6.45) is -2.63. The van der Waals surface area contributed by atoms with E-state index in [1.54, 1.807) is 6.20 Å². The number of hydrogen-bond acceptors (Lipinski definition) is 2. The van der Waals surface area contributed by atoms with E-state index in [1.807, 2.05) is 13.0 Å². The molecule has 0 spiro atoms. The lowest BCUT2D eigenvalue weighted by molar-refractivity contribution is -0.137. The molecule has 106 valence electrons. The molecule has 0 bridgehead atoms. The first-order valence-corrected chi connectivity index (χ1v) is 6.68. The Morgan fingerprint density at radius 2 is 1.85 bits per heavy atom. The fourth-order valence-corrected chi connectivity index (χ4v) is 2.17. The molecule has 0 aliphatic heterocycles. The fraction of sp³-hybridized carbons (Fsp3) is 0.214. The van der Waals surface area contributed by atoms with E-state index in [-0.39, 0.29) is 0 Å². The van der Waals surface area contributed by atoms with Crippen molar-refractivity contribution in [3.63, 3.8) is 0 Å². The number of hydrogen-bond donors (Lipinski definition) is 1. The highest BCUT2D eigenvalue weighted by atomic mass is 79.9. The molecule has 0 saturated heterocycles. The number of alkyl halides is 3. The van der Waals surface area contributed by atoms with E-state index in [4.69, 9.17) is 0 Å². The summed E-state index contributed by atoms with van der Waals surface area (Å²) in [5.41, 5.74) is 1.09. The number of aromatic nitrogens is 1. The zero-order chi connectivity index (χ0) is 14.8. The summed E-state index contributed by atoms with van der Waals surface area (Å²) < 4.78 is 38.2. The third kappa shape index (κ3) is 3.72. The predicted molar refractivity (Wildman–Crippen MR) is 75.4 cm³/mol. The first kappa shape index (κ1) is 14.8. The van der Waals surface area contributed by atoms with Crippen molar-refractivity contribution in [3.8, 4) is 0 Å². The van der Waals surface area contributed by atoms with Gasteiger partial charge < -0.3 is 5.32 Å². The molecule has 1 aromatic heterocycles. The summed E-state index contributed by atoms with van der Waals surface area (Å²) in [6, 6.07) is 7.01. The van der Waals surface area contributed by atoms with Gasteiger partial charge >= 0.3 is 6.18 Å². The normalized spacial score (nSPS) is 11.4. The standard InChI is InChI=1S/C14H12BrF3N2/c1-9-6-12(15)8-20-13(9)19-7-10-2-4-11(5-3-10)14(16,17)18/h2-6,8H,7H2,1H3,(H,19,20). The molecule has 20 heavy (non-hydrogen) atoms. The first-order valence-electron chi connectivity index (χ1n) is 5.88. The van der Waals surface area contributed by atoms with Gasteiger partial charge in [0.25, 0.3) is 0 Å². The van der Waals surface area contributed by atoms with Gasteiger partial charge in [-0.3, -0.25) is 0 Å². The van der Waals surface area contributed by atoms with Gasteiger partial charge in [0.2, 0.25) is 0 Å². The van der Waals surface area contributed by atoms with Gasteiger partial charge in [0.15, 0.2) is 0 Å². The van der Waals surface area contributed by atoms with Crippen LogP contribution in [0.25, 0.3) is 0 Å². The van der Waals surface area contributed by atoms with Crippen LogP contribution in [0, 0.1) is 6.92 Å². The van der Waals surface area contributed by atoms with Crippen molar-refractivity contribution in [2.45, 2.75) is 19.6 Å². The molecule has 0 aliphatic carbocycles. The maximum absolute atomic E-state index is 12.4. The average molecular weight is 345 g/mol. The number of nitrogens with one attached hydrogen (secondary N) is 1. The second kappa shape index (κ2) is 5.83. The van der Waals surface area contributed by atoms with Crippen molar-refractivity contribution < 1.29 is 13.2 Å². The van der Waals surface area contributed by atoms with Crippen molar-refractivity contribution in [2.75, 3.05) is 5.32 Å². The van der Waals surface area contributed by atoms with Crippen LogP contribution in [-0.2, 0) is 12.7 Å².